The van der Waals surface area contributed by atoms with Crippen molar-refractivity contribution in [1.29, 1.82) is 0 Å². The van der Waals surface area contributed by atoms with E-state index in [0.717, 1.165) is 25.4 Å². The molecule has 13 heavy (non-hydrogen) atoms. The van der Waals surface area contributed by atoms with Crippen LogP contribution < -0.4 is 0 Å². The van der Waals surface area contributed by atoms with Gasteiger partial charge in [0.15, 0.2) is 0 Å². The summed E-state index contributed by atoms with van der Waals surface area (Å²) in [6, 6.07) is 0. The molecule has 1 rings (SSSR count). The SMILES string of the molecule is CN(CC=CCS)CC1CCCO1. The Hall–Kier alpha value is 0.01000. The number of ether oxygens (including phenoxy) is 1. The van der Waals surface area contributed by atoms with E-state index in [9.17, 15) is 0 Å². The summed E-state index contributed by atoms with van der Waals surface area (Å²) in [5, 5.41) is 0. The molecule has 0 bridgehead atoms. The van der Waals surface area contributed by atoms with Crippen molar-refractivity contribution in [1.82, 2.24) is 4.90 Å². The van der Waals surface area contributed by atoms with E-state index >= 15 is 0 Å². The van der Waals surface area contributed by atoms with Gasteiger partial charge in [-0.1, -0.05) is 12.2 Å². The first-order valence-electron chi connectivity index (χ1n) is 4.89. The average Bonchev–Trinajstić information content (AvgIpc) is 2.57. The molecule has 0 amide bonds. The first kappa shape index (κ1) is 11.1. The summed E-state index contributed by atoms with van der Waals surface area (Å²) >= 11 is 4.11. The molecule has 1 unspecified atom stereocenters. The molecule has 1 aliphatic heterocycles. The highest BCUT2D eigenvalue weighted by Crippen LogP contribution is 2.12. The third-order valence-corrected chi connectivity index (χ3v) is 2.44. The predicted molar refractivity (Wildman–Crippen MR) is 59.5 cm³/mol. The summed E-state index contributed by atoms with van der Waals surface area (Å²) < 4.78 is 5.55. The fourth-order valence-electron chi connectivity index (χ4n) is 1.54. The third kappa shape index (κ3) is 4.69. The molecule has 1 aliphatic rings. The monoisotopic (exact) mass is 201 g/mol. The summed E-state index contributed by atoms with van der Waals surface area (Å²) in [4.78, 5) is 2.29. The number of rotatable bonds is 5. The second kappa shape index (κ2) is 6.46. The Morgan fingerprint density at radius 3 is 3.00 bits per heavy atom. The molecule has 1 atom stereocenters. The molecule has 2 nitrogen and oxygen atoms in total. The lowest BCUT2D eigenvalue weighted by Crippen LogP contribution is -2.28. The minimum absolute atomic E-state index is 0.467. The summed E-state index contributed by atoms with van der Waals surface area (Å²) in [5.74, 6) is 0.827. The van der Waals surface area contributed by atoms with Gasteiger partial charge in [-0.3, -0.25) is 0 Å². The van der Waals surface area contributed by atoms with Crippen LogP contribution in [0.2, 0.25) is 0 Å². The lowest BCUT2D eigenvalue weighted by atomic mass is 10.2. The molecule has 0 aromatic rings. The Morgan fingerprint density at radius 2 is 2.38 bits per heavy atom. The fraction of sp³-hybridized carbons (Fsp3) is 0.800. The zero-order chi connectivity index (χ0) is 9.52. The van der Waals surface area contributed by atoms with Gasteiger partial charge in [0.1, 0.15) is 0 Å². The lowest BCUT2D eigenvalue weighted by Gasteiger charge is -2.18. The third-order valence-electron chi connectivity index (χ3n) is 2.23. The first-order chi connectivity index (χ1) is 6.33. The van der Waals surface area contributed by atoms with Crippen LogP contribution in [0.15, 0.2) is 12.2 Å². The van der Waals surface area contributed by atoms with Gasteiger partial charge in [0.2, 0.25) is 0 Å². The molecule has 0 aromatic heterocycles. The summed E-state index contributed by atoms with van der Waals surface area (Å²) in [6.07, 6.45) is 7.15. The Kier molecular flexibility index (Phi) is 5.51. The second-order valence-electron chi connectivity index (χ2n) is 3.51. The summed E-state index contributed by atoms with van der Waals surface area (Å²) in [5.41, 5.74) is 0. The van der Waals surface area contributed by atoms with Crippen LogP contribution in [0.3, 0.4) is 0 Å². The van der Waals surface area contributed by atoms with Gasteiger partial charge in [-0.05, 0) is 19.9 Å². The van der Waals surface area contributed by atoms with Crippen LogP contribution in [0.1, 0.15) is 12.8 Å². The molecule has 0 saturated carbocycles. The molecule has 3 heteroatoms. The highest BCUT2D eigenvalue weighted by atomic mass is 32.1. The van der Waals surface area contributed by atoms with Gasteiger partial charge in [-0.15, -0.1) is 0 Å². The first-order valence-corrected chi connectivity index (χ1v) is 5.52. The fourth-order valence-corrected chi connectivity index (χ4v) is 1.69. The van der Waals surface area contributed by atoms with Crippen molar-refractivity contribution in [3.05, 3.63) is 12.2 Å². The van der Waals surface area contributed by atoms with E-state index in [0.29, 0.717) is 6.10 Å². The molecule has 1 heterocycles. The Labute approximate surface area is 86.4 Å². The highest BCUT2D eigenvalue weighted by Gasteiger charge is 2.16. The van der Waals surface area contributed by atoms with Crippen LogP contribution in [-0.2, 0) is 4.74 Å². The quantitative estimate of drug-likeness (QED) is 0.535. The number of likely N-dealkylation sites (N-methyl/N-ethyl adjacent to an activating group) is 1. The van der Waals surface area contributed by atoms with Crippen molar-refractivity contribution in [3.8, 4) is 0 Å². The standard InChI is InChI=1S/C10H19NOS/c1-11(6-2-3-8-13)9-10-5-4-7-12-10/h2-3,10,13H,4-9H2,1H3. The maximum absolute atomic E-state index is 5.55. The normalized spacial score (nSPS) is 23.5. The van der Waals surface area contributed by atoms with Crippen LogP contribution in [0.4, 0.5) is 0 Å². The molecule has 1 fully saturated rings. The van der Waals surface area contributed by atoms with Gasteiger partial charge >= 0.3 is 0 Å². The van der Waals surface area contributed by atoms with Crippen molar-refractivity contribution in [3.63, 3.8) is 0 Å². The lowest BCUT2D eigenvalue weighted by molar-refractivity contribution is 0.0843. The number of hydrogen-bond donors (Lipinski definition) is 1. The number of nitrogens with zero attached hydrogens (tertiary/aromatic N) is 1. The van der Waals surface area contributed by atoms with Crippen LogP contribution in [0.5, 0.6) is 0 Å². The maximum Gasteiger partial charge on any atom is 0.0702 e. The van der Waals surface area contributed by atoms with E-state index < -0.39 is 0 Å². The van der Waals surface area contributed by atoms with Crippen molar-refractivity contribution >= 4 is 12.6 Å². The summed E-state index contributed by atoms with van der Waals surface area (Å²) in [6.45, 7) is 3.00. The molecule has 0 aliphatic carbocycles. The molecule has 76 valence electrons. The van der Waals surface area contributed by atoms with Gasteiger partial charge in [-0.25, -0.2) is 0 Å². The Bertz CT molecular complexity index is 155. The zero-order valence-electron chi connectivity index (χ0n) is 8.28. The van der Waals surface area contributed by atoms with Crippen LogP contribution in [-0.4, -0.2) is 43.5 Å². The van der Waals surface area contributed by atoms with E-state index in [-0.39, 0.29) is 0 Å². The molecule has 0 spiro atoms. The molecule has 0 radical (unpaired) electrons. The number of hydrogen-bond acceptors (Lipinski definition) is 3. The molecule has 1 saturated heterocycles. The number of thiol groups is 1. The van der Waals surface area contributed by atoms with E-state index in [4.69, 9.17) is 4.74 Å². The van der Waals surface area contributed by atoms with Gasteiger partial charge in [0.05, 0.1) is 6.10 Å². The van der Waals surface area contributed by atoms with Gasteiger partial charge < -0.3 is 9.64 Å². The van der Waals surface area contributed by atoms with Crippen LogP contribution in [0.25, 0.3) is 0 Å². The Balaban J connectivity index is 2.09. The van der Waals surface area contributed by atoms with E-state index in [1.165, 1.54) is 12.8 Å². The highest BCUT2D eigenvalue weighted by molar-refractivity contribution is 7.80. The summed E-state index contributed by atoms with van der Waals surface area (Å²) in [7, 11) is 2.13. The smallest absolute Gasteiger partial charge is 0.0702 e. The van der Waals surface area contributed by atoms with E-state index in [1.807, 2.05) is 0 Å². The maximum atomic E-state index is 5.55. The van der Waals surface area contributed by atoms with Crippen molar-refractivity contribution in [2.75, 3.05) is 32.5 Å². The van der Waals surface area contributed by atoms with E-state index in [2.05, 4.69) is 36.7 Å². The largest absolute Gasteiger partial charge is 0.377 e. The Morgan fingerprint density at radius 1 is 1.54 bits per heavy atom. The van der Waals surface area contributed by atoms with Crippen molar-refractivity contribution < 1.29 is 4.74 Å². The molecular formula is C10H19NOS. The van der Waals surface area contributed by atoms with Gasteiger partial charge in [-0.2, -0.15) is 12.6 Å². The van der Waals surface area contributed by atoms with Crippen LogP contribution in [0, 0.1) is 0 Å². The van der Waals surface area contributed by atoms with Gasteiger partial charge in [0.25, 0.3) is 0 Å². The minimum Gasteiger partial charge on any atom is -0.377 e. The average molecular weight is 201 g/mol. The van der Waals surface area contributed by atoms with Crippen LogP contribution >= 0.6 is 12.6 Å². The molecule has 0 N–H and O–H groups in total. The zero-order valence-corrected chi connectivity index (χ0v) is 9.17. The van der Waals surface area contributed by atoms with E-state index in [1.54, 1.807) is 0 Å². The minimum atomic E-state index is 0.467. The second-order valence-corrected chi connectivity index (χ2v) is 3.88. The van der Waals surface area contributed by atoms with Crippen molar-refractivity contribution in [2.24, 2.45) is 0 Å². The molecule has 0 aromatic carbocycles. The van der Waals surface area contributed by atoms with Crippen molar-refractivity contribution in [2.45, 2.75) is 18.9 Å². The molecular weight excluding hydrogens is 182 g/mol. The van der Waals surface area contributed by atoms with Gasteiger partial charge in [0, 0.05) is 25.4 Å². The predicted octanol–water partition coefficient (Wildman–Crippen LogP) is 1.58. The topological polar surface area (TPSA) is 12.5 Å².